The SMILES string of the molecule is CC(C)Oc1cccc(-c2cccc(Cl)n2)c1. The van der Waals surface area contributed by atoms with Crippen LogP contribution < -0.4 is 4.74 Å². The van der Waals surface area contributed by atoms with Gasteiger partial charge in [-0.25, -0.2) is 4.98 Å². The van der Waals surface area contributed by atoms with Crippen molar-refractivity contribution in [2.24, 2.45) is 0 Å². The highest BCUT2D eigenvalue weighted by Gasteiger charge is 2.03. The van der Waals surface area contributed by atoms with Crippen molar-refractivity contribution in [3.63, 3.8) is 0 Å². The number of halogens is 1. The van der Waals surface area contributed by atoms with Crippen molar-refractivity contribution in [1.29, 1.82) is 0 Å². The van der Waals surface area contributed by atoms with E-state index in [-0.39, 0.29) is 6.10 Å². The predicted octanol–water partition coefficient (Wildman–Crippen LogP) is 4.19. The van der Waals surface area contributed by atoms with Crippen LogP contribution in [0.1, 0.15) is 13.8 Å². The molecular formula is C14H14ClNO. The Balaban J connectivity index is 2.33. The third-order valence-corrected chi connectivity index (χ3v) is 2.43. The summed E-state index contributed by atoms with van der Waals surface area (Å²) in [6.45, 7) is 4.01. The molecule has 0 radical (unpaired) electrons. The molecule has 0 spiro atoms. The molecule has 0 saturated heterocycles. The Morgan fingerprint density at radius 1 is 1.12 bits per heavy atom. The minimum atomic E-state index is 0.164. The van der Waals surface area contributed by atoms with Gasteiger partial charge in [-0.1, -0.05) is 29.8 Å². The van der Waals surface area contributed by atoms with Gasteiger partial charge in [0.2, 0.25) is 0 Å². The molecule has 1 heterocycles. The second-order valence-electron chi connectivity index (χ2n) is 4.04. The van der Waals surface area contributed by atoms with E-state index in [9.17, 15) is 0 Å². The average molecular weight is 248 g/mol. The first-order valence-electron chi connectivity index (χ1n) is 5.55. The maximum Gasteiger partial charge on any atom is 0.129 e. The fourth-order valence-corrected chi connectivity index (χ4v) is 1.73. The zero-order valence-corrected chi connectivity index (χ0v) is 10.6. The van der Waals surface area contributed by atoms with Gasteiger partial charge >= 0.3 is 0 Å². The first-order chi connectivity index (χ1) is 8.15. The van der Waals surface area contributed by atoms with Gasteiger partial charge in [-0.15, -0.1) is 0 Å². The Morgan fingerprint density at radius 3 is 2.59 bits per heavy atom. The van der Waals surface area contributed by atoms with E-state index in [0.29, 0.717) is 5.15 Å². The normalized spacial score (nSPS) is 10.6. The molecule has 0 unspecified atom stereocenters. The Morgan fingerprint density at radius 2 is 1.88 bits per heavy atom. The molecule has 3 heteroatoms. The highest BCUT2D eigenvalue weighted by molar-refractivity contribution is 6.29. The van der Waals surface area contributed by atoms with E-state index < -0.39 is 0 Å². The number of aromatic nitrogens is 1. The summed E-state index contributed by atoms with van der Waals surface area (Å²) in [5, 5.41) is 0.498. The van der Waals surface area contributed by atoms with Gasteiger partial charge in [0.25, 0.3) is 0 Å². The van der Waals surface area contributed by atoms with Crippen LogP contribution in [0.4, 0.5) is 0 Å². The second kappa shape index (κ2) is 5.19. The minimum Gasteiger partial charge on any atom is -0.491 e. The van der Waals surface area contributed by atoms with Crippen molar-refractivity contribution in [2.45, 2.75) is 20.0 Å². The van der Waals surface area contributed by atoms with Gasteiger partial charge in [0.05, 0.1) is 11.8 Å². The molecule has 0 fully saturated rings. The molecule has 0 atom stereocenters. The van der Waals surface area contributed by atoms with Crippen LogP contribution >= 0.6 is 11.6 Å². The molecule has 88 valence electrons. The smallest absolute Gasteiger partial charge is 0.129 e. The van der Waals surface area contributed by atoms with Crippen molar-refractivity contribution in [3.05, 3.63) is 47.6 Å². The minimum absolute atomic E-state index is 0.164. The molecule has 2 nitrogen and oxygen atoms in total. The van der Waals surface area contributed by atoms with Gasteiger partial charge in [0.15, 0.2) is 0 Å². The van der Waals surface area contributed by atoms with E-state index in [1.165, 1.54) is 0 Å². The molecule has 0 N–H and O–H groups in total. The third-order valence-electron chi connectivity index (χ3n) is 2.22. The van der Waals surface area contributed by atoms with Crippen LogP contribution in [-0.4, -0.2) is 11.1 Å². The molecule has 0 saturated carbocycles. The molecule has 2 rings (SSSR count). The van der Waals surface area contributed by atoms with E-state index in [2.05, 4.69) is 4.98 Å². The summed E-state index contributed by atoms with van der Waals surface area (Å²) in [5.74, 6) is 0.847. The van der Waals surface area contributed by atoms with E-state index in [0.717, 1.165) is 17.0 Å². The summed E-state index contributed by atoms with van der Waals surface area (Å²) in [4.78, 5) is 4.27. The van der Waals surface area contributed by atoms with Crippen molar-refractivity contribution in [1.82, 2.24) is 4.98 Å². The van der Waals surface area contributed by atoms with Gasteiger partial charge in [-0.05, 0) is 38.1 Å². The molecule has 0 aliphatic heterocycles. The van der Waals surface area contributed by atoms with Crippen LogP contribution in [0.25, 0.3) is 11.3 Å². The molecule has 0 amide bonds. The van der Waals surface area contributed by atoms with E-state index in [1.807, 2.05) is 50.2 Å². The number of rotatable bonds is 3. The third kappa shape index (κ3) is 3.21. The number of benzene rings is 1. The molecule has 0 aliphatic carbocycles. The molecule has 2 aromatic rings. The van der Waals surface area contributed by atoms with E-state index >= 15 is 0 Å². The van der Waals surface area contributed by atoms with Crippen LogP contribution in [0.3, 0.4) is 0 Å². The zero-order valence-electron chi connectivity index (χ0n) is 9.85. The van der Waals surface area contributed by atoms with Crippen molar-refractivity contribution >= 4 is 11.6 Å². The molecule has 17 heavy (non-hydrogen) atoms. The summed E-state index contributed by atoms with van der Waals surface area (Å²) in [6.07, 6.45) is 0.164. The fourth-order valence-electron chi connectivity index (χ4n) is 1.57. The Kier molecular flexibility index (Phi) is 3.64. The van der Waals surface area contributed by atoms with Crippen LogP contribution in [0.2, 0.25) is 5.15 Å². The molecule has 1 aromatic carbocycles. The summed E-state index contributed by atoms with van der Waals surface area (Å²) in [6, 6.07) is 13.4. The molecule has 0 bridgehead atoms. The summed E-state index contributed by atoms with van der Waals surface area (Å²) >= 11 is 5.88. The van der Waals surface area contributed by atoms with Gasteiger partial charge in [0.1, 0.15) is 10.9 Å². The lowest BCUT2D eigenvalue weighted by Crippen LogP contribution is -2.05. The molecular weight excluding hydrogens is 234 g/mol. The Labute approximate surface area is 106 Å². The van der Waals surface area contributed by atoms with Crippen molar-refractivity contribution in [2.75, 3.05) is 0 Å². The van der Waals surface area contributed by atoms with Gasteiger partial charge in [-0.2, -0.15) is 0 Å². The van der Waals surface area contributed by atoms with Crippen molar-refractivity contribution < 1.29 is 4.74 Å². The summed E-state index contributed by atoms with van der Waals surface area (Å²) < 4.78 is 5.65. The molecule has 0 aliphatic rings. The van der Waals surface area contributed by atoms with Crippen LogP contribution in [0.15, 0.2) is 42.5 Å². The number of hydrogen-bond acceptors (Lipinski definition) is 2. The summed E-state index contributed by atoms with van der Waals surface area (Å²) in [5.41, 5.74) is 1.86. The van der Waals surface area contributed by atoms with Gasteiger partial charge < -0.3 is 4.74 Å². The predicted molar refractivity (Wildman–Crippen MR) is 70.4 cm³/mol. The van der Waals surface area contributed by atoms with Gasteiger partial charge in [-0.3, -0.25) is 0 Å². The lowest BCUT2D eigenvalue weighted by molar-refractivity contribution is 0.242. The lowest BCUT2D eigenvalue weighted by atomic mass is 10.1. The zero-order chi connectivity index (χ0) is 12.3. The van der Waals surface area contributed by atoms with Gasteiger partial charge in [0, 0.05) is 5.56 Å². The second-order valence-corrected chi connectivity index (χ2v) is 4.43. The highest BCUT2D eigenvalue weighted by Crippen LogP contribution is 2.23. The fraction of sp³-hybridized carbons (Fsp3) is 0.214. The van der Waals surface area contributed by atoms with E-state index in [4.69, 9.17) is 16.3 Å². The molecule has 1 aromatic heterocycles. The maximum absolute atomic E-state index is 5.88. The van der Waals surface area contributed by atoms with Crippen molar-refractivity contribution in [3.8, 4) is 17.0 Å². The Bertz CT molecular complexity index is 511. The standard InChI is InChI=1S/C14H14ClNO/c1-10(2)17-12-6-3-5-11(9-12)13-7-4-8-14(15)16-13/h3-10H,1-2H3. The number of hydrogen-bond donors (Lipinski definition) is 0. The van der Waals surface area contributed by atoms with Crippen LogP contribution in [-0.2, 0) is 0 Å². The first kappa shape index (κ1) is 11.9. The van der Waals surface area contributed by atoms with Crippen LogP contribution in [0, 0.1) is 0 Å². The monoisotopic (exact) mass is 247 g/mol. The maximum atomic E-state index is 5.88. The Hall–Kier alpha value is -1.54. The largest absolute Gasteiger partial charge is 0.491 e. The number of pyridine rings is 1. The highest BCUT2D eigenvalue weighted by atomic mass is 35.5. The number of ether oxygens (including phenoxy) is 1. The lowest BCUT2D eigenvalue weighted by Gasteiger charge is -2.10. The topological polar surface area (TPSA) is 22.1 Å². The quantitative estimate of drug-likeness (QED) is 0.759. The van der Waals surface area contributed by atoms with Crippen LogP contribution in [0.5, 0.6) is 5.75 Å². The van der Waals surface area contributed by atoms with E-state index in [1.54, 1.807) is 6.07 Å². The summed E-state index contributed by atoms with van der Waals surface area (Å²) in [7, 11) is 0. The number of nitrogens with zero attached hydrogens (tertiary/aromatic N) is 1. The average Bonchev–Trinajstić information content (AvgIpc) is 2.28. The first-order valence-corrected chi connectivity index (χ1v) is 5.92.